The van der Waals surface area contributed by atoms with Crippen molar-refractivity contribution in [3.05, 3.63) is 0 Å². The molecule has 0 N–H and O–H groups in total. The molecule has 2 aliphatic carbocycles. The van der Waals surface area contributed by atoms with Gasteiger partial charge in [-0.25, -0.2) is 0 Å². The molecule has 0 aromatic carbocycles. The van der Waals surface area contributed by atoms with Crippen LogP contribution < -0.4 is 0 Å². The summed E-state index contributed by atoms with van der Waals surface area (Å²) in [6.07, 6.45) is 3.47. The van der Waals surface area contributed by atoms with Crippen LogP contribution in [0, 0.1) is 5.92 Å². The highest BCUT2D eigenvalue weighted by Crippen LogP contribution is 2.69. The number of carbonyl (C=O) groups is 1. The van der Waals surface area contributed by atoms with Crippen molar-refractivity contribution >= 4 is 6.41 Å². The number of nitrogens with zero attached hydrogens (tertiary/aromatic N) is 1. The molecule has 2 fully saturated rings. The SMILES string of the molecule is CN(C=O)C12CC1C2. The van der Waals surface area contributed by atoms with Gasteiger partial charge in [-0.1, -0.05) is 0 Å². The summed E-state index contributed by atoms with van der Waals surface area (Å²) in [4.78, 5) is 12.0. The first-order chi connectivity index (χ1) is 3.79. The first-order valence-corrected chi connectivity index (χ1v) is 2.98. The number of fused-ring (bicyclic) bond motifs is 1. The van der Waals surface area contributed by atoms with E-state index >= 15 is 0 Å². The maximum atomic E-state index is 10.1. The summed E-state index contributed by atoms with van der Waals surface area (Å²) < 4.78 is 0. The monoisotopic (exact) mass is 111 g/mol. The lowest BCUT2D eigenvalue weighted by Crippen LogP contribution is -2.24. The van der Waals surface area contributed by atoms with E-state index in [-0.39, 0.29) is 0 Å². The minimum absolute atomic E-state index is 0.391. The van der Waals surface area contributed by atoms with Gasteiger partial charge in [0.05, 0.1) is 0 Å². The lowest BCUT2D eigenvalue weighted by molar-refractivity contribution is -0.118. The van der Waals surface area contributed by atoms with Crippen LogP contribution in [-0.2, 0) is 4.79 Å². The smallest absolute Gasteiger partial charge is 0.209 e. The molecule has 1 amide bonds. The van der Waals surface area contributed by atoms with Crippen molar-refractivity contribution in [2.45, 2.75) is 18.4 Å². The largest absolute Gasteiger partial charge is 0.342 e. The molecule has 2 rings (SSSR count). The van der Waals surface area contributed by atoms with E-state index in [9.17, 15) is 4.79 Å². The molecule has 0 atom stereocenters. The topological polar surface area (TPSA) is 20.3 Å². The van der Waals surface area contributed by atoms with Gasteiger partial charge in [0.25, 0.3) is 0 Å². The molecule has 0 aliphatic heterocycles. The van der Waals surface area contributed by atoms with Crippen LogP contribution in [-0.4, -0.2) is 23.9 Å². The highest BCUT2D eigenvalue weighted by molar-refractivity contribution is 5.53. The summed E-state index contributed by atoms with van der Waals surface area (Å²) in [5, 5.41) is 0. The van der Waals surface area contributed by atoms with E-state index < -0.39 is 0 Å². The zero-order valence-electron chi connectivity index (χ0n) is 4.92. The average molecular weight is 111 g/mol. The molecule has 0 aromatic heterocycles. The highest BCUT2D eigenvalue weighted by atomic mass is 16.1. The molecule has 2 saturated carbocycles. The van der Waals surface area contributed by atoms with E-state index in [1.54, 1.807) is 0 Å². The molecule has 0 spiro atoms. The van der Waals surface area contributed by atoms with Gasteiger partial charge < -0.3 is 4.90 Å². The van der Waals surface area contributed by atoms with Crippen molar-refractivity contribution in [2.75, 3.05) is 7.05 Å². The molecule has 0 bridgehead atoms. The molecule has 44 valence electrons. The zero-order valence-corrected chi connectivity index (χ0v) is 4.92. The quantitative estimate of drug-likeness (QED) is 0.467. The molecular formula is C6H9NO. The third-order valence-corrected chi connectivity index (χ3v) is 2.50. The molecular weight excluding hydrogens is 102 g/mol. The number of hydrogen-bond acceptors (Lipinski definition) is 1. The Kier molecular flexibility index (Phi) is 0.504. The number of rotatable bonds is 2. The molecule has 2 nitrogen and oxygen atoms in total. The lowest BCUT2D eigenvalue weighted by Gasteiger charge is -2.12. The molecule has 0 aromatic rings. The molecule has 0 heterocycles. The van der Waals surface area contributed by atoms with Gasteiger partial charge >= 0.3 is 0 Å². The number of carbonyl (C=O) groups excluding carboxylic acids is 1. The van der Waals surface area contributed by atoms with Crippen LogP contribution in [0.15, 0.2) is 0 Å². The van der Waals surface area contributed by atoms with Gasteiger partial charge in [0.15, 0.2) is 0 Å². The standard InChI is InChI=1S/C6H9NO/c1-7(4-8)6-2-5(6)3-6/h4-5H,2-3H2,1H3. The van der Waals surface area contributed by atoms with Crippen LogP contribution in [0.3, 0.4) is 0 Å². The Morgan fingerprint density at radius 3 is 2.38 bits per heavy atom. The van der Waals surface area contributed by atoms with Crippen LogP contribution in [0.4, 0.5) is 0 Å². The molecule has 8 heavy (non-hydrogen) atoms. The van der Waals surface area contributed by atoms with Crippen molar-refractivity contribution in [3.8, 4) is 0 Å². The Hall–Kier alpha value is -0.530. The van der Waals surface area contributed by atoms with E-state index in [1.165, 1.54) is 12.8 Å². The van der Waals surface area contributed by atoms with Gasteiger partial charge in [0.2, 0.25) is 6.41 Å². The minimum atomic E-state index is 0.391. The summed E-state index contributed by atoms with van der Waals surface area (Å²) in [5.41, 5.74) is 0.391. The van der Waals surface area contributed by atoms with E-state index in [1.807, 2.05) is 11.9 Å². The number of hydrogen-bond donors (Lipinski definition) is 0. The van der Waals surface area contributed by atoms with Crippen molar-refractivity contribution in [1.29, 1.82) is 0 Å². The summed E-state index contributed by atoms with van der Waals surface area (Å²) in [6, 6.07) is 0. The van der Waals surface area contributed by atoms with Crippen molar-refractivity contribution < 1.29 is 4.79 Å². The maximum Gasteiger partial charge on any atom is 0.209 e. The van der Waals surface area contributed by atoms with E-state index in [0.717, 1.165) is 12.3 Å². The van der Waals surface area contributed by atoms with Crippen LogP contribution in [0.1, 0.15) is 12.8 Å². The van der Waals surface area contributed by atoms with Crippen LogP contribution in [0.2, 0.25) is 0 Å². The fourth-order valence-corrected chi connectivity index (χ4v) is 1.36. The molecule has 0 radical (unpaired) electrons. The van der Waals surface area contributed by atoms with Crippen LogP contribution >= 0.6 is 0 Å². The van der Waals surface area contributed by atoms with Crippen LogP contribution in [0.25, 0.3) is 0 Å². The highest BCUT2D eigenvalue weighted by Gasteiger charge is 2.72. The first kappa shape index (κ1) is 4.36. The number of amides is 1. The Morgan fingerprint density at radius 1 is 1.75 bits per heavy atom. The fraction of sp³-hybridized carbons (Fsp3) is 0.833. The van der Waals surface area contributed by atoms with Crippen LogP contribution in [0.5, 0.6) is 0 Å². The Bertz CT molecular complexity index is 137. The van der Waals surface area contributed by atoms with Gasteiger partial charge in [-0.3, -0.25) is 4.79 Å². The van der Waals surface area contributed by atoms with Crippen molar-refractivity contribution in [1.82, 2.24) is 4.90 Å². The summed E-state index contributed by atoms with van der Waals surface area (Å²) in [6.45, 7) is 0. The molecule has 2 heteroatoms. The second-order valence-corrected chi connectivity index (χ2v) is 2.93. The predicted molar refractivity (Wildman–Crippen MR) is 29.3 cm³/mol. The second-order valence-electron chi connectivity index (χ2n) is 2.93. The minimum Gasteiger partial charge on any atom is -0.342 e. The van der Waals surface area contributed by atoms with Crippen molar-refractivity contribution in [2.24, 2.45) is 5.92 Å². The van der Waals surface area contributed by atoms with Gasteiger partial charge in [-0.15, -0.1) is 0 Å². The summed E-state index contributed by atoms with van der Waals surface area (Å²) in [5.74, 6) is 0.887. The van der Waals surface area contributed by atoms with Gasteiger partial charge in [0.1, 0.15) is 0 Å². The Labute approximate surface area is 48.5 Å². The van der Waals surface area contributed by atoms with Crippen molar-refractivity contribution in [3.63, 3.8) is 0 Å². The van der Waals surface area contributed by atoms with E-state index in [0.29, 0.717) is 5.54 Å². The third kappa shape index (κ3) is 0.288. The first-order valence-electron chi connectivity index (χ1n) is 2.98. The van der Waals surface area contributed by atoms with Gasteiger partial charge in [0, 0.05) is 12.6 Å². The molecule has 2 aliphatic rings. The zero-order chi connectivity index (χ0) is 5.78. The fourth-order valence-electron chi connectivity index (χ4n) is 1.36. The van der Waals surface area contributed by atoms with E-state index in [2.05, 4.69) is 0 Å². The third-order valence-electron chi connectivity index (χ3n) is 2.50. The summed E-state index contributed by atoms with van der Waals surface area (Å²) >= 11 is 0. The molecule has 0 unspecified atom stereocenters. The Balaban J connectivity index is 2.06. The second kappa shape index (κ2) is 0.925. The maximum absolute atomic E-state index is 10.1. The summed E-state index contributed by atoms with van der Waals surface area (Å²) in [7, 11) is 1.88. The van der Waals surface area contributed by atoms with E-state index in [4.69, 9.17) is 0 Å². The molecule has 0 saturated heterocycles. The average Bonchev–Trinajstić information content (AvgIpc) is 2.45. The Morgan fingerprint density at radius 2 is 2.25 bits per heavy atom. The lowest BCUT2D eigenvalue weighted by atomic mass is 10.3. The van der Waals surface area contributed by atoms with Gasteiger partial charge in [-0.2, -0.15) is 0 Å². The normalized spacial score (nSPS) is 47.4. The van der Waals surface area contributed by atoms with Gasteiger partial charge in [-0.05, 0) is 18.8 Å². The predicted octanol–water partition coefficient (Wildman–Crippen LogP) is 0.237.